The van der Waals surface area contributed by atoms with Gasteiger partial charge in [0.1, 0.15) is 0 Å². The largest absolute Gasteiger partial charge is 0.416 e. The third kappa shape index (κ3) is 4.20. The van der Waals surface area contributed by atoms with Gasteiger partial charge in [-0.1, -0.05) is 12.1 Å². The number of hydrogen-bond acceptors (Lipinski definition) is 2. The van der Waals surface area contributed by atoms with Gasteiger partial charge in [-0.3, -0.25) is 10.1 Å². The highest BCUT2D eigenvalue weighted by atomic mass is 19.4. The molecule has 0 bridgehead atoms. The van der Waals surface area contributed by atoms with E-state index >= 15 is 0 Å². The van der Waals surface area contributed by atoms with Crippen molar-refractivity contribution in [3.05, 3.63) is 35.4 Å². The maximum absolute atomic E-state index is 12.5. The van der Waals surface area contributed by atoms with Crippen LogP contribution in [0.15, 0.2) is 24.3 Å². The Morgan fingerprint density at radius 2 is 1.90 bits per heavy atom. The molecule has 2 unspecified atom stereocenters. The van der Waals surface area contributed by atoms with E-state index in [-0.39, 0.29) is 18.0 Å². The number of amides is 1. The van der Waals surface area contributed by atoms with Gasteiger partial charge in [0.05, 0.1) is 11.6 Å². The lowest BCUT2D eigenvalue weighted by Gasteiger charge is -2.21. The van der Waals surface area contributed by atoms with Crippen LogP contribution in [0.2, 0.25) is 0 Å². The van der Waals surface area contributed by atoms with E-state index < -0.39 is 11.7 Å². The highest BCUT2D eigenvalue weighted by molar-refractivity contribution is 5.81. The number of alkyl halides is 3. The topological polar surface area (TPSA) is 41.1 Å². The van der Waals surface area contributed by atoms with E-state index in [9.17, 15) is 18.0 Å². The van der Waals surface area contributed by atoms with Crippen molar-refractivity contribution in [2.75, 3.05) is 6.54 Å². The number of rotatable bonds is 3. The molecule has 1 aliphatic heterocycles. The predicted octanol–water partition coefficient (Wildman–Crippen LogP) is 3.02. The molecule has 2 atom stereocenters. The molecule has 0 aromatic heterocycles. The lowest BCUT2D eigenvalue weighted by atomic mass is 10.0. The second-order valence-electron chi connectivity index (χ2n) is 5.35. The van der Waals surface area contributed by atoms with Gasteiger partial charge in [-0.2, -0.15) is 13.2 Å². The Hall–Kier alpha value is -1.56. The van der Waals surface area contributed by atoms with Crippen LogP contribution in [0.3, 0.4) is 0 Å². The zero-order chi connectivity index (χ0) is 15.5. The van der Waals surface area contributed by atoms with Crippen LogP contribution < -0.4 is 10.6 Å². The third-order valence-electron chi connectivity index (χ3n) is 3.72. The summed E-state index contributed by atoms with van der Waals surface area (Å²) in [7, 11) is 0. The van der Waals surface area contributed by atoms with Crippen LogP contribution in [0.5, 0.6) is 0 Å². The van der Waals surface area contributed by atoms with Gasteiger partial charge in [-0.15, -0.1) is 0 Å². The minimum atomic E-state index is -4.32. The summed E-state index contributed by atoms with van der Waals surface area (Å²) in [6.07, 6.45) is -1.66. The Morgan fingerprint density at radius 3 is 2.52 bits per heavy atom. The quantitative estimate of drug-likeness (QED) is 0.901. The zero-order valence-electron chi connectivity index (χ0n) is 11.8. The summed E-state index contributed by atoms with van der Waals surface area (Å²) < 4.78 is 37.6. The smallest absolute Gasteiger partial charge is 0.355 e. The average molecular weight is 300 g/mol. The summed E-state index contributed by atoms with van der Waals surface area (Å²) in [6.45, 7) is 2.53. The van der Waals surface area contributed by atoms with Crippen LogP contribution in [0.4, 0.5) is 13.2 Å². The van der Waals surface area contributed by atoms with Crippen molar-refractivity contribution in [2.24, 2.45) is 0 Å². The van der Waals surface area contributed by atoms with Gasteiger partial charge in [0.25, 0.3) is 0 Å². The van der Waals surface area contributed by atoms with Gasteiger partial charge in [0.2, 0.25) is 5.91 Å². The summed E-state index contributed by atoms with van der Waals surface area (Å²) in [5.41, 5.74) is 0.0747. The first-order valence-electron chi connectivity index (χ1n) is 7.09. The van der Waals surface area contributed by atoms with E-state index in [1.54, 1.807) is 0 Å². The molecule has 0 aliphatic carbocycles. The van der Waals surface area contributed by atoms with Gasteiger partial charge >= 0.3 is 6.18 Å². The molecule has 1 heterocycles. The predicted molar refractivity (Wildman–Crippen MR) is 73.6 cm³/mol. The molecule has 1 aliphatic rings. The van der Waals surface area contributed by atoms with Crippen molar-refractivity contribution >= 4 is 5.91 Å². The second-order valence-corrected chi connectivity index (χ2v) is 5.35. The Bertz CT molecular complexity index is 485. The summed E-state index contributed by atoms with van der Waals surface area (Å²) in [6, 6.07) is 4.58. The van der Waals surface area contributed by atoms with Crippen molar-refractivity contribution in [3.63, 3.8) is 0 Å². The molecule has 3 nitrogen and oxygen atoms in total. The van der Waals surface area contributed by atoms with E-state index in [0.717, 1.165) is 37.0 Å². The number of hydrogen-bond donors (Lipinski definition) is 2. The fourth-order valence-corrected chi connectivity index (χ4v) is 2.46. The lowest BCUT2D eigenvalue weighted by molar-refractivity contribution is -0.137. The van der Waals surface area contributed by atoms with Gasteiger partial charge in [-0.25, -0.2) is 0 Å². The van der Waals surface area contributed by atoms with Crippen LogP contribution in [0, 0.1) is 0 Å². The summed E-state index contributed by atoms with van der Waals surface area (Å²) in [4.78, 5) is 11.8. The van der Waals surface area contributed by atoms with Crippen LogP contribution in [0.25, 0.3) is 0 Å². The van der Waals surface area contributed by atoms with Crippen LogP contribution in [0.1, 0.15) is 43.4 Å². The van der Waals surface area contributed by atoms with Crippen molar-refractivity contribution in [3.8, 4) is 0 Å². The van der Waals surface area contributed by atoms with Crippen LogP contribution in [-0.2, 0) is 11.0 Å². The first-order chi connectivity index (χ1) is 9.88. The second kappa shape index (κ2) is 6.47. The molecule has 21 heavy (non-hydrogen) atoms. The summed E-state index contributed by atoms with van der Waals surface area (Å²) in [5, 5.41) is 6.02. The molecule has 6 heteroatoms. The third-order valence-corrected chi connectivity index (χ3v) is 3.72. The molecule has 1 aromatic carbocycles. The Morgan fingerprint density at radius 1 is 1.24 bits per heavy atom. The minimum Gasteiger partial charge on any atom is -0.355 e. The monoisotopic (exact) mass is 300 g/mol. The first-order valence-corrected chi connectivity index (χ1v) is 7.09. The number of nitrogens with one attached hydrogen (secondary N) is 2. The number of carbonyl (C=O) groups is 1. The molecule has 1 saturated heterocycles. The highest BCUT2D eigenvalue weighted by Crippen LogP contribution is 2.30. The van der Waals surface area contributed by atoms with Gasteiger partial charge < -0.3 is 5.32 Å². The molecule has 2 N–H and O–H groups in total. The van der Waals surface area contributed by atoms with E-state index in [0.29, 0.717) is 6.54 Å². The average Bonchev–Trinajstić information content (AvgIpc) is 2.63. The van der Waals surface area contributed by atoms with E-state index in [1.807, 2.05) is 6.92 Å². The Balaban J connectivity index is 2.02. The Kier molecular flexibility index (Phi) is 4.88. The van der Waals surface area contributed by atoms with Gasteiger partial charge in [0.15, 0.2) is 0 Å². The van der Waals surface area contributed by atoms with Gasteiger partial charge in [-0.05, 0) is 43.9 Å². The SMILES string of the molecule is CC(NC1CCCCNC1=O)c1ccc(C(F)(F)F)cc1. The van der Waals surface area contributed by atoms with Crippen molar-refractivity contribution in [1.29, 1.82) is 0 Å². The normalized spacial score (nSPS) is 21.5. The highest BCUT2D eigenvalue weighted by Gasteiger charge is 2.30. The van der Waals surface area contributed by atoms with Crippen molar-refractivity contribution in [2.45, 2.75) is 44.4 Å². The fraction of sp³-hybridized carbons (Fsp3) is 0.533. The van der Waals surface area contributed by atoms with Crippen LogP contribution >= 0.6 is 0 Å². The first kappa shape index (κ1) is 15.8. The van der Waals surface area contributed by atoms with Crippen LogP contribution in [-0.4, -0.2) is 18.5 Å². The standard InChI is InChI=1S/C15H19F3N2O/c1-10(20-13-4-2-3-9-19-14(13)21)11-5-7-12(8-6-11)15(16,17)18/h5-8,10,13,20H,2-4,9H2,1H3,(H,19,21). The molecule has 0 spiro atoms. The van der Waals surface area contributed by atoms with Gasteiger partial charge in [0, 0.05) is 12.6 Å². The number of benzene rings is 1. The lowest BCUT2D eigenvalue weighted by Crippen LogP contribution is -2.43. The maximum Gasteiger partial charge on any atom is 0.416 e. The van der Waals surface area contributed by atoms with E-state index in [1.165, 1.54) is 12.1 Å². The molecule has 116 valence electrons. The zero-order valence-corrected chi connectivity index (χ0v) is 11.8. The fourth-order valence-electron chi connectivity index (χ4n) is 2.46. The number of halogens is 3. The van der Waals surface area contributed by atoms with E-state index in [2.05, 4.69) is 10.6 Å². The minimum absolute atomic E-state index is 0.0359. The number of carbonyl (C=O) groups excluding carboxylic acids is 1. The molecule has 2 rings (SSSR count). The molecule has 1 aromatic rings. The van der Waals surface area contributed by atoms with Crippen molar-refractivity contribution in [1.82, 2.24) is 10.6 Å². The molecule has 1 amide bonds. The molecule has 1 fully saturated rings. The molecular formula is C15H19F3N2O. The molecule has 0 saturated carbocycles. The molecule has 0 radical (unpaired) electrons. The maximum atomic E-state index is 12.5. The Labute approximate surface area is 121 Å². The van der Waals surface area contributed by atoms with Crippen molar-refractivity contribution < 1.29 is 18.0 Å². The molecular weight excluding hydrogens is 281 g/mol. The van der Waals surface area contributed by atoms with E-state index in [4.69, 9.17) is 0 Å². The summed E-state index contributed by atoms with van der Waals surface area (Å²) >= 11 is 0. The summed E-state index contributed by atoms with van der Waals surface area (Å²) in [5.74, 6) is -0.0359.